The van der Waals surface area contributed by atoms with Crippen LogP contribution in [0.25, 0.3) is 0 Å². The second-order valence-corrected chi connectivity index (χ2v) is 14.2. The van der Waals surface area contributed by atoms with Crippen molar-refractivity contribution in [3.63, 3.8) is 0 Å². The summed E-state index contributed by atoms with van der Waals surface area (Å²) >= 11 is 0. The zero-order valence-electron chi connectivity index (χ0n) is 18.5. The summed E-state index contributed by atoms with van der Waals surface area (Å²) in [5, 5.41) is 0. The molecule has 2 unspecified atom stereocenters. The molecule has 0 heterocycles. The molecule has 0 aromatic heterocycles. The zero-order chi connectivity index (χ0) is 19.2. The Balaban J connectivity index is 2.08. The van der Waals surface area contributed by atoms with Crippen molar-refractivity contribution >= 4 is 8.32 Å². The lowest BCUT2D eigenvalue weighted by molar-refractivity contribution is 0.0250. The standard InChI is InChI=1S/C24H44OSi/c1-7-26(8-2,9-3)25-23-16-13-19-24(6)21(17-18-22(23)24)15-12-10-11-14-20(4)5/h12,20,22-23H,7-11,13-14,16-19H2,1-6H3/t15?,22-,23?,24?/m0/s1. The molecule has 2 fully saturated rings. The van der Waals surface area contributed by atoms with Crippen LogP contribution in [0.4, 0.5) is 0 Å². The molecule has 0 amide bonds. The van der Waals surface area contributed by atoms with Crippen molar-refractivity contribution in [1.82, 2.24) is 0 Å². The van der Waals surface area contributed by atoms with Gasteiger partial charge < -0.3 is 4.43 Å². The minimum Gasteiger partial charge on any atom is -0.414 e. The van der Waals surface area contributed by atoms with Gasteiger partial charge in [0.2, 0.25) is 0 Å². The van der Waals surface area contributed by atoms with E-state index in [1.165, 1.54) is 69.5 Å². The van der Waals surface area contributed by atoms with Gasteiger partial charge in [-0.1, -0.05) is 54.4 Å². The number of hydrogen-bond acceptors (Lipinski definition) is 1. The largest absolute Gasteiger partial charge is 0.414 e. The van der Waals surface area contributed by atoms with E-state index < -0.39 is 8.32 Å². The van der Waals surface area contributed by atoms with Gasteiger partial charge in [-0.2, -0.15) is 0 Å². The lowest BCUT2D eigenvalue weighted by atomic mass is 9.66. The highest BCUT2D eigenvalue weighted by Crippen LogP contribution is 2.56. The van der Waals surface area contributed by atoms with E-state index in [9.17, 15) is 0 Å². The van der Waals surface area contributed by atoms with Gasteiger partial charge in [0, 0.05) is 11.5 Å². The Labute approximate surface area is 164 Å². The molecule has 0 aromatic rings. The summed E-state index contributed by atoms with van der Waals surface area (Å²) in [5.74, 6) is 1.56. The van der Waals surface area contributed by atoms with E-state index in [2.05, 4.69) is 53.3 Å². The summed E-state index contributed by atoms with van der Waals surface area (Å²) in [5.41, 5.74) is 5.73. The van der Waals surface area contributed by atoms with Crippen molar-refractivity contribution in [3.05, 3.63) is 17.4 Å². The van der Waals surface area contributed by atoms with Crippen LogP contribution in [0.3, 0.4) is 0 Å². The van der Waals surface area contributed by atoms with Crippen LogP contribution in [0, 0.1) is 17.3 Å². The lowest BCUT2D eigenvalue weighted by Crippen LogP contribution is -2.47. The molecule has 0 aliphatic heterocycles. The smallest absolute Gasteiger partial charge is 0.192 e. The molecule has 2 rings (SSSR count). The topological polar surface area (TPSA) is 9.23 Å². The molecule has 0 bridgehead atoms. The van der Waals surface area contributed by atoms with Gasteiger partial charge >= 0.3 is 0 Å². The Morgan fingerprint density at radius 1 is 1.19 bits per heavy atom. The third-order valence-corrected chi connectivity index (χ3v) is 12.3. The third kappa shape index (κ3) is 4.94. The second-order valence-electron chi connectivity index (χ2n) is 9.51. The Morgan fingerprint density at radius 2 is 1.88 bits per heavy atom. The molecular weight excluding hydrogens is 332 g/mol. The molecule has 2 aliphatic rings. The lowest BCUT2D eigenvalue weighted by Gasteiger charge is -2.45. The van der Waals surface area contributed by atoms with Crippen molar-refractivity contribution in [2.24, 2.45) is 17.3 Å². The molecule has 1 nitrogen and oxygen atoms in total. The number of allylic oxidation sites excluding steroid dienone is 1. The summed E-state index contributed by atoms with van der Waals surface area (Å²) < 4.78 is 7.01. The fourth-order valence-electron chi connectivity index (χ4n) is 5.45. The Kier molecular flexibility index (Phi) is 8.25. The molecule has 0 spiro atoms. The predicted octanol–water partition coefficient (Wildman–Crippen LogP) is 7.88. The fourth-order valence-corrected chi connectivity index (χ4v) is 8.38. The van der Waals surface area contributed by atoms with Crippen molar-refractivity contribution in [2.45, 2.75) is 117 Å². The van der Waals surface area contributed by atoms with Gasteiger partial charge in [-0.25, -0.2) is 0 Å². The molecule has 0 saturated heterocycles. The maximum atomic E-state index is 7.01. The number of rotatable bonds is 9. The Bertz CT molecular complexity index is 490. The van der Waals surface area contributed by atoms with Crippen molar-refractivity contribution in [2.75, 3.05) is 0 Å². The summed E-state index contributed by atoms with van der Waals surface area (Å²) in [7, 11) is -1.50. The quantitative estimate of drug-likeness (QED) is 0.226. The first kappa shape index (κ1) is 22.0. The third-order valence-electron chi connectivity index (χ3n) is 7.59. The normalized spacial score (nSPS) is 29.0. The Morgan fingerprint density at radius 3 is 2.50 bits per heavy atom. The van der Waals surface area contributed by atoms with E-state index >= 15 is 0 Å². The fraction of sp³-hybridized carbons (Fsp3) is 0.875. The number of unbranched alkanes of at least 4 members (excludes halogenated alkanes) is 1. The van der Waals surface area contributed by atoms with E-state index in [4.69, 9.17) is 4.43 Å². The second kappa shape index (κ2) is 9.76. The highest BCUT2D eigenvalue weighted by Gasteiger charge is 2.50. The predicted molar refractivity (Wildman–Crippen MR) is 117 cm³/mol. The van der Waals surface area contributed by atoms with Crippen molar-refractivity contribution < 1.29 is 4.43 Å². The van der Waals surface area contributed by atoms with Crippen LogP contribution >= 0.6 is 0 Å². The van der Waals surface area contributed by atoms with Crippen LogP contribution in [0.2, 0.25) is 18.1 Å². The molecule has 26 heavy (non-hydrogen) atoms. The maximum absolute atomic E-state index is 7.01. The van der Waals surface area contributed by atoms with Gasteiger partial charge in [0.15, 0.2) is 8.32 Å². The van der Waals surface area contributed by atoms with E-state index in [1.807, 2.05) is 0 Å². The highest BCUT2D eigenvalue weighted by atomic mass is 28.4. The SMILES string of the molecule is CC[Si](CC)(CC)OC1CCCC2(C)C(=C=CCCCC(C)C)CC[C@@H]12. The molecule has 2 heteroatoms. The monoisotopic (exact) mass is 376 g/mol. The van der Waals surface area contributed by atoms with Crippen LogP contribution in [0.1, 0.15) is 92.9 Å². The van der Waals surface area contributed by atoms with Crippen LogP contribution in [-0.2, 0) is 4.43 Å². The Hall–Kier alpha value is -0.303. The molecule has 2 saturated carbocycles. The van der Waals surface area contributed by atoms with Gasteiger partial charge in [-0.3, -0.25) is 0 Å². The number of hydrogen-bond donors (Lipinski definition) is 0. The van der Waals surface area contributed by atoms with Crippen LogP contribution < -0.4 is 0 Å². The van der Waals surface area contributed by atoms with Crippen LogP contribution in [0.15, 0.2) is 17.4 Å². The van der Waals surface area contributed by atoms with E-state index in [1.54, 1.807) is 5.57 Å². The van der Waals surface area contributed by atoms with Gasteiger partial charge in [0.1, 0.15) is 0 Å². The summed E-state index contributed by atoms with van der Waals surface area (Å²) in [6, 6.07) is 3.83. The van der Waals surface area contributed by atoms with Crippen LogP contribution in [0.5, 0.6) is 0 Å². The van der Waals surface area contributed by atoms with Gasteiger partial charge in [0.05, 0.1) is 0 Å². The summed E-state index contributed by atoms with van der Waals surface area (Å²) in [6.45, 7) is 14.2. The van der Waals surface area contributed by atoms with E-state index in [-0.39, 0.29) is 0 Å². The maximum Gasteiger partial charge on any atom is 0.192 e. The van der Waals surface area contributed by atoms with Crippen molar-refractivity contribution in [1.29, 1.82) is 0 Å². The van der Waals surface area contributed by atoms with Gasteiger partial charge in [-0.15, -0.1) is 5.73 Å². The average Bonchev–Trinajstić information content (AvgIpc) is 2.96. The minimum atomic E-state index is -1.50. The first-order chi connectivity index (χ1) is 12.4. The first-order valence-electron chi connectivity index (χ1n) is 11.5. The molecular formula is C24H44OSi. The molecule has 3 atom stereocenters. The molecule has 2 aliphatic carbocycles. The molecule has 0 aromatic carbocycles. The van der Waals surface area contributed by atoms with Crippen LogP contribution in [-0.4, -0.2) is 14.4 Å². The zero-order valence-corrected chi connectivity index (χ0v) is 19.5. The molecule has 0 radical (unpaired) electrons. The highest BCUT2D eigenvalue weighted by molar-refractivity contribution is 6.73. The summed E-state index contributed by atoms with van der Waals surface area (Å²) in [6.07, 6.45) is 13.2. The molecule has 0 N–H and O–H groups in total. The van der Waals surface area contributed by atoms with Gasteiger partial charge in [0.25, 0.3) is 0 Å². The first-order valence-corrected chi connectivity index (χ1v) is 14.1. The van der Waals surface area contributed by atoms with Gasteiger partial charge in [-0.05, 0) is 80.1 Å². The van der Waals surface area contributed by atoms with E-state index in [0.29, 0.717) is 11.5 Å². The average molecular weight is 377 g/mol. The van der Waals surface area contributed by atoms with Crippen molar-refractivity contribution in [3.8, 4) is 0 Å². The summed E-state index contributed by atoms with van der Waals surface area (Å²) in [4.78, 5) is 0. The van der Waals surface area contributed by atoms with E-state index in [0.717, 1.165) is 11.8 Å². The molecule has 150 valence electrons. The number of fused-ring (bicyclic) bond motifs is 1. The minimum absolute atomic E-state index is 0.354.